The Hall–Kier alpha value is 0.360. The SMILES string of the molecule is O=C1COC(CI)C1. The van der Waals surface area contributed by atoms with E-state index in [4.69, 9.17) is 4.74 Å². The molecule has 0 N–H and O–H groups in total. The van der Waals surface area contributed by atoms with Gasteiger partial charge in [0.25, 0.3) is 0 Å². The van der Waals surface area contributed by atoms with Crippen molar-refractivity contribution in [1.82, 2.24) is 0 Å². The Kier molecular flexibility index (Phi) is 2.25. The van der Waals surface area contributed by atoms with Crippen molar-refractivity contribution >= 4 is 28.4 Å². The molecule has 0 spiro atoms. The molecule has 0 aliphatic carbocycles. The first-order valence-corrected chi connectivity index (χ1v) is 4.04. The summed E-state index contributed by atoms with van der Waals surface area (Å²) in [5.41, 5.74) is 0. The second-order valence-corrected chi connectivity index (χ2v) is 2.71. The topological polar surface area (TPSA) is 26.3 Å². The normalized spacial score (nSPS) is 29.1. The van der Waals surface area contributed by atoms with E-state index < -0.39 is 0 Å². The molecular formula is C5H7IO2. The summed E-state index contributed by atoms with van der Waals surface area (Å²) in [6.45, 7) is 0.341. The maximum absolute atomic E-state index is 10.5. The van der Waals surface area contributed by atoms with Crippen LogP contribution in [0, 0.1) is 0 Å². The summed E-state index contributed by atoms with van der Waals surface area (Å²) in [6.07, 6.45) is 0.839. The summed E-state index contributed by atoms with van der Waals surface area (Å²) in [5, 5.41) is 0. The van der Waals surface area contributed by atoms with Crippen LogP contribution in [0.15, 0.2) is 0 Å². The van der Waals surface area contributed by atoms with Crippen LogP contribution < -0.4 is 0 Å². The number of ether oxygens (including phenoxy) is 1. The fourth-order valence-electron chi connectivity index (χ4n) is 0.682. The third kappa shape index (κ3) is 1.42. The molecule has 0 aromatic heterocycles. The second kappa shape index (κ2) is 2.77. The number of ketones is 1. The number of Topliss-reactive ketones (excluding diaryl/α,β-unsaturated/α-hetero) is 1. The highest BCUT2D eigenvalue weighted by molar-refractivity contribution is 14.1. The van der Waals surface area contributed by atoms with Crippen molar-refractivity contribution in [2.24, 2.45) is 0 Å². The first-order valence-electron chi connectivity index (χ1n) is 2.52. The van der Waals surface area contributed by atoms with Crippen molar-refractivity contribution < 1.29 is 9.53 Å². The Labute approximate surface area is 61.7 Å². The van der Waals surface area contributed by atoms with Crippen LogP contribution in [0.1, 0.15) is 6.42 Å². The highest BCUT2D eigenvalue weighted by Gasteiger charge is 2.20. The molecule has 3 heteroatoms. The van der Waals surface area contributed by atoms with Gasteiger partial charge in [0.2, 0.25) is 0 Å². The monoisotopic (exact) mass is 226 g/mol. The second-order valence-electron chi connectivity index (χ2n) is 1.83. The minimum Gasteiger partial charge on any atom is -0.369 e. The lowest BCUT2D eigenvalue weighted by Crippen LogP contribution is -2.04. The van der Waals surface area contributed by atoms with E-state index in [0.29, 0.717) is 13.0 Å². The van der Waals surface area contributed by atoms with E-state index in [9.17, 15) is 4.79 Å². The molecular weight excluding hydrogens is 219 g/mol. The molecule has 1 aliphatic rings. The van der Waals surface area contributed by atoms with Crippen LogP contribution in [-0.2, 0) is 9.53 Å². The molecule has 1 saturated heterocycles. The first-order chi connectivity index (χ1) is 3.83. The molecule has 0 bridgehead atoms. The number of rotatable bonds is 1. The van der Waals surface area contributed by atoms with Gasteiger partial charge in [-0.2, -0.15) is 0 Å². The Bertz CT molecular complexity index is 103. The van der Waals surface area contributed by atoms with Gasteiger partial charge < -0.3 is 4.74 Å². The average molecular weight is 226 g/mol. The van der Waals surface area contributed by atoms with Gasteiger partial charge in [-0.1, -0.05) is 22.6 Å². The summed E-state index contributed by atoms with van der Waals surface area (Å²) < 4.78 is 5.99. The number of hydrogen-bond donors (Lipinski definition) is 0. The smallest absolute Gasteiger partial charge is 0.161 e. The number of halogens is 1. The Morgan fingerprint density at radius 1 is 1.88 bits per heavy atom. The van der Waals surface area contributed by atoms with Crippen LogP contribution in [0.3, 0.4) is 0 Å². The predicted molar refractivity (Wildman–Crippen MR) is 38.3 cm³/mol. The summed E-state index contributed by atoms with van der Waals surface area (Å²) in [7, 11) is 0. The lowest BCUT2D eigenvalue weighted by atomic mass is 10.2. The van der Waals surface area contributed by atoms with Gasteiger partial charge in [0.05, 0.1) is 6.10 Å². The largest absolute Gasteiger partial charge is 0.369 e. The highest BCUT2D eigenvalue weighted by atomic mass is 127. The molecule has 0 aromatic carbocycles. The molecule has 2 nitrogen and oxygen atoms in total. The molecule has 0 radical (unpaired) electrons. The van der Waals surface area contributed by atoms with Gasteiger partial charge in [0.15, 0.2) is 5.78 Å². The van der Waals surface area contributed by atoms with E-state index >= 15 is 0 Å². The van der Waals surface area contributed by atoms with E-state index in [2.05, 4.69) is 22.6 Å². The fourth-order valence-corrected chi connectivity index (χ4v) is 1.25. The molecule has 1 fully saturated rings. The number of alkyl halides is 1. The molecule has 0 aromatic rings. The molecule has 1 unspecified atom stereocenters. The molecule has 0 saturated carbocycles. The van der Waals surface area contributed by atoms with E-state index in [0.717, 1.165) is 4.43 Å². The van der Waals surface area contributed by atoms with Crippen molar-refractivity contribution in [1.29, 1.82) is 0 Å². The predicted octanol–water partition coefficient (Wildman–Crippen LogP) is 0.779. The van der Waals surface area contributed by atoms with E-state index in [1.165, 1.54) is 0 Å². The number of carbonyl (C=O) groups is 1. The molecule has 8 heavy (non-hydrogen) atoms. The van der Waals surface area contributed by atoms with Crippen LogP contribution in [0.2, 0.25) is 0 Å². The maximum atomic E-state index is 10.5. The lowest BCUT2D eigenvalue weighted by Gasteiger charge is -1.98. The number of hydrogen-bond acceptors (Lipinski definition) is 2. The molecule has 46 valence electrons. The van der Waals surface area contributed by atoms with Crippen molar-refractivity contribution in [2.45, 2.75) is 12.5 Å². The van der Waals surface area contributed by atoms with Crippen LogP contribution in [0.25, 0.3) is 0 Å². The fraction of sp³-hybridized carbons (Fsp3) is 0.800. The van der Waals surface area contributed by atoms with Gasteiger partial charge in [0, 0.05) is 10.8 Å². The first kappa shape index (κ1) is 6.48. The van der Waals surface area contributed by atoms with Crippen molar-refractivity contribution in [3.8, 4) is 0 Å². The lowest BCUT2D eigenvalue weighted by molar-refractivity contribution is -0.117. The summed E-state index contributed by atoms with van der Waals surface area (Å²) in [6, 6.07) is 0. The molecule has 1 atom stereocenters. The van der Waals surface area contributed by atoms with Crippen molar-refractivity contribution in [2.75, 3.05) is 11.0 Å². The van der Waals surface area contributed by atoms with Gasteiger partial charge in [-0.15, -0.1) is 0 Å². The summed E-state index contributed by atoms with van der Waals surface area (Å²) in [5.74, 6) is 0.242. The van der Waals surface area contributed by atoms with Crippen molar-refractivity contribution in [3.05, 3.63) is 0 Å². The standard InChI is InChI=1S/C5H7IO2/c6-2-5-1-4(7)3-8-5/h5H,1-3H2. The zero-order valence-corrected chi connectivity index (χ0v) is 6.55. The Balaban J connectivity index is 2.32. The highest BCUT2D eigenvalue weighted by Crippen LogP contribution is 2.10. The van der Waals surface area contributed by atoms with E-state index in [1.54, 1.807) is 0 Å². The van der Waals surface area contributed by atoms with Crippen LogP contribution in [0.5, 0.6) is 0 Å². The average Bonchev–Trinajstić information content (AvgIpc) is 2.14. The zero-order valence-electron chi connectivity index (χ0n) is 4.39. The Morgan fingerprint density at radius 2 is 2.62 bits per heavy atom. The van der Waals surface area contributed by atoms with Gasteiger partial charge in [0.1, 0.15) is 6.61 Å². The third-order valence-electron chi connectivity index (χ3n) is 1.11. The van der Waals surface area contributed by atoms with E-state index in [-0.39, 0.29) is 11.9 Å². The van der Waals surface area contributed by atoms with Crippen molar-refractivity contribution in [3.63, 3.8) is 0 Å². The van der Waals surface area contributed by atoms with Crippen LogP contribution >= 0.6 is 22.6 Å². The van der Waals surface area contributed by atoms with Crippen LogP contribution in [-0.4, -0.2) is 22.9 Å². The zero-order chi connectivity index (χ0) is 5.98. The minimum absolute atomic E-state index is 0.211. The van der Waals surface area contributed by atoms with Gasteiger partial charge in [-0.05, 0) is 0 Å². The molecule has 1 heterocycles. The maximum Gasteiger partial charge on any atom is 0.161 e. The summed E-state index contributed by atoms with van der Waals surface area (Å²) >= 11 is 2.22. The third-order valence-corrected chi connectivity index (χ3v) is 2.09. The Morgan fingerprint density at radius 3 is 2.88 bits per heavy atom. The van der Waals surface area contributed by atoms with E-state index in [1.807, 2.05) is 0 Å². The van der Waals surface area contributed by atoms with Crippen LogP contribution in [0.4, 0.5) is 0 Å². The molecule has 1 rings (SSSR count). The van der Waals surface area contributed by atoms with Gasteiger partial charge in [-0.3, -0.25) is 4.79 Å². The number of carbonyl (C=O) groups excluding carboxylic acids is 1. The quantitative estimate of drug-likeness (QED) is 0.487. The molecule has 0 amide bonds. The van der Waals surface area contributed by atoms with Gasteiger partial charge in [-0.25, -0.2) is 0 Å². The van der Waals surface area contributed by atoms with Gasteiger partial charge >= 0.3 is 0 Å². The molecule has 1 aliphatic heterocycles. The minimum atomic E-state index is 0.211. The summed E-state index contributed by atoms with van der Waals surface area (Å²) in [4.78, 5) is 10.5.